The first kappa shape index (κ1) is 20.5. The van der Waals surface area contributed by atoms with E-state index in [-0.39, 0.29) is 36.3 Å². The van der Waals surface area contributed by atoms with Crippen LogP contribution in [0, 0.1) is 12.8 Å². The molecule has 1 unspecified atom stereocenters. The van der Waals surface area contributed by atoms with E-state index in [0.717, 1.165) is 50.0 Å². The van der Waals surface area contributed by atoms with Gasteiger partial charge in [0.25, 0.3) is 0 Å². The van der Waals surface area contributed by atoms with E-state index in [9.17, 15) is 9.59 Å². The molecule has 3 rings (SSSR count). The minimum Gasteiger partial charge on any atom is -0.352 e. The highest BCUT2D eigenvalue weighted by Gasteiger charge is 2.29. The molecule has 0 saturated carbocycles. The fourth-order valence-corrected chi connectivity index (χ4v) is 3.60. The fraction of sp³-hybridized carbons (Fsp3) is 0.579. The third-order valence-electron chi connectivity index (χ3n) is 4.99. The summed E-state index contributed by atoms with van der Waals surface area (Å²) >= 11 is 0. The largest absolute Gasteiger partial charge is 0.352 e. The molecule has 2 atom stereocenters. The van der Waals surface area contributed by atoms with Crippen LogP contribution in [0.3, 0.4) is 0 Å². The molecule has 3 N–H and O–H groups in total. The van der Waals surface area contributed by atoms with Crippen LogP contribution in [0.4, 0.5) is 10.5 Å². The topological polar surface area (TPSA) is 73.5 Å². The Bertz CT molecular complexity index is 619. The van der Waals surface area contributed by atoms with Gasteiger partial charge in [-0.3, -0.25) is 4.79 Å². The molecule has 6 nitrogen and oxygen atoms in total. The van der Waals surface area contributed by atoms with Crippen molar-refractivity contribution in [3.63, 3.8) is 0 Å². The lowest BCUT2D eigenvalue weighted by Crippen LogP contribution is -2.51. The van der Waals surface area contributed by atoms with Gasteiger partial charge in [0.2, 0.25) is 5.91 Å². The van der Waals surface area contributed by atoms with Crippen LogP contribution < -0.4 is 16.0 Å². The van der Waals surface area contributed by atoms with Crippen LogP contribution in [-0.4, -0.2) is 49.1 Å². The normalized spacial score (nSPS) is 22.9. The molecule has 0 radical (unpaired) electrons. The molecule has 0 spiro atoms. The number of benzene rings is 1. The summed E-state index contributed by atoms with van der Waals surface area (Å²) in [6.07, 6.45) is 3.84. The van der Waals surface area contributed by atoms with Crippen molar-refractivity contribution in [1.82, 2.24) is 15.5 Å². The molecule has 2 aliphatic rings. The number of hydrogen-bond donors (Lipinski definition) is 3. The van der Waals surface area contributed by atoms with Crippen LogP contribution >= 0.6 is 12.4 Å². The second-order valence-electron chi connectivity index (χ2n) is 7.14. The van der Waals surface area contributed by atoms with E-state index in [1.807, 2.05) is 31.2 Å². The predicted octanol–water partition coefficient (Wildman–Crippen LogP) is 2.53. The van der Waals surface area contributed by atoms with Gasteiger partial charge in [-0.1, -0.05) is 12.1 Å². The Morgan fingerprint density at radius 2 is 2.08 bits per heavy atom. The molecule has 0 bridgehead atoms. The minimum atomic E-state index is -0.123. The quantitative estimate of drug-likeness (QED) is 0.754. The molecule has 0 aromatic heterocycles. The van der Waals surface area contributed by atoms with Crippen molar-refractivity contribution >= 4 is 30.0 Å². The molecule has 3 amide bonds. The molecular formula is C19H29ClN4O2. The van der Waals surface area contributed by atoms with Gasteiger partial charge >= 0.3 is 6.03 Å². The number of carbonyl (C=O) groups excluding carboxylic acids is 2. The smallest absolute Gasteiger partial charge is 0.321 e. The maximum absolute atomic E-state index is 12.5. The summed E-state index contributed by atoms with van der Waals surface area (Å²) in [4.78, 5) is 26.8. The first-order valence-corrected chi connectivity index (χ1v) is 9.25. The van der Waals surface area contributed by atoms with Crippen molar-refractivity contribution in [3.05, 3.63) is 29.8 Å². The molecule has 2 fully saturated rings. The van der Waals surface area contributed by atoms with Crippen LogP contribution in [0.2, 0.25) is 0 Å². The van der Waals surface area contributed by atoms with Gasteiger partial charge < -0.3 is 20.9 Å². The highest BCUT2D eigenvalue weighted by Crippen LogP contribution is 2.19. The van der Waals surface area contributed by atoms with Gasteiger partial charge in [0, 0.05) is 31.4 Å². The molecule has 2 aliphatic heterocycles. The van der Waals surface area contributed by atoms with Gasteiger partial charge in [0.05, 0.1) is 5.92 Å². The van der Waals surface area contributed by atoms with Crippen molar-refractivity contribution in [2.45, 2.75) is 38.6 Å². The summed E-state index contributed by atoms with van der Waals surface area (Å²) in [7, 11) is 0. The summed E-state index contributed by atoms with van der Waals surface area (Å²) in [5, 5.41) is 9.40. The van der Waals surface area contributed by atoms with Crippen molar-refractivity contribution < 1.29 is 9.59 Å². The number of nitrogens with one attached hydrogen (secondary N) is 3. The van der Waals surface area contributed by atoms with Crippen molar-refractivity contribution in [1.29, 1.82) is 0 Å². The van der Waals surface area contributed by atoms with E-state index in [0.29, 0.717) is 13.1 Å². The Balaban J connectivity index is 0.00000243. The summed E-state index contributed by atoms with van der Waals surface area (Å²) in [5.74, 6) is -0.0271. The van der Waals surface area contributed by atoms with Gasteiger partial charge in [0.1, 0.15) is 0 Å². The van der Waals surface area contributed by atoms with Gasteiger partial charge in [-0.25, -0.2) is 4.79 Å². The molecule has 2 saturated heterocycles. The SMILES string of the molecule is Cc1cccc(NC(=O)N2CCCC(C(=O)N[C@H]3CCCNC3)C2)c1.Cl. The lowest BCUT2D eigenvalue weighted by molar-refractivity contribution is -0.127. The van der Waals surface area contributed by atoms with Crippen molar-refractivity contribution in [3.8, 4) is 0 Å². The van der Waals surface area contributed by atoms with Gasteiger partial charge in [-0.2, -0.15) is 0 Å². The Labute approximate surface area is 161 Å². The third kappa shape index (κ3) is 5.61. The lowest BCUT2D eigenvalue weighted by Gasteiger charge is -2.33. The number of halogens is 1. The second kappa shape index (κ2) is 9.78. The first-order chi connectivity index (χ1) is 12.1. The predicted molar refractivity (Wildman–Crippen MR) is 106 cm³/mol. The van der Waals surface area contributed by atoms with Crippen LogP contribution in [0.1, 0.15) is 31.2 Å². The summed E-state index contributed by atoms with van der Waals surface area (Å²) in [6.45, 7) is 5.06. The van der Waals surface area contributed by atoms with E-state index < -0.39 is 0 Å². The minimum absolute atomic E-state index is 0. The van der Waals surface area contributed by atoms with Crippen LogP contribution in [0.5, 0.6) is 0 Å². The number of urea groups is 1. The second-order valence-corrected chi connectivity index (χ2v) is 7.14. The maximum Gasteiger partial charge on any atom is 0.321 e. The molecule has 0 aliphatic carbocycles. The molecule has 7 heteroatoms. The number of hydrogen-bond acceptors (Lipinski definition) is 3. The Hall–Kier alpha value is -1.79. The average molecular weight is 381 g/mol. The number of rotatable bonds is 3. The molecular weight excluding hydrogens is 352 g/mol. The summed E-state index contributed by atoms with van der Waals surface area (Å²) in [6, 6.07) is 7.85. The zero-order valence-electron chi connectivity index (χ0n) is 15.3. The Kier molecular flexibility index (Phi) is 7.72. The number of nitrogens with zero attached hydrogens (tertiary/aromatic N) is 1. The standard InChI is InChI=1S/C19H28N4O2.ClH/c1-14-5-2-7-16(11-14)22-19(25)23-10-4-6-15(13-23)18(24)21-17-8-3-9-20-12-17;/h2,5,7,11,15,17,20H,3-4,6,8-10,12-13H2,1H3,(H,21,24)(H,22,25);1H/t15?,17-;/m0./s1. The number of piperidine rings is 2. The number of likely N-dealkylation sites (tertiary alicyclic amines) is 1. The molecule has 1 aromatic rings. The molecule has 26 heavy (non-hydrogen) atoms. The van der Waals surface area contributed by atoms with E-state index in [1.165, 1.54) is 0 Å². The average Bonchev–Trinajstić information content (AvgIpc) is 2.62. The summed E-state index contributed by atoms with van der Waals surface area (Å²) in [5.41, 5.74) is 1.90. The van der Waals surface area contributed by atoms with E-state index in [4.69, 9.17) is 0 Å². The Morgan fingerprint density at radius 3 is 2.81 bits per heavy atom. The lowest BCUT2D eigenvalue weighted by atomic mass is 9.96. The third-order valence-corrected chi connectivity index (χ3v) is 4.99. The molecule has 1 aromatic carbocycles. The number of amides is 3. The van der Waals surface area contributed by atoms with Crippen molar-refractivity contribution in [2.75, 3.05) is 31.5 Å². The van der Waals surface area contributed by atoms with E-state index >= 15 is 0 Å². The zero-order chi connectivity index (χ0) is 17.6. The highest BCUT2D eigenvalue weighted by molar-refractivity contribution is 5.90. The van der Waals surface area contributed by atoms with Crippen molar-refractivity contribution in [2.24, 2.45) is 5.92 Å². The number of aryl methyl sites for hydroxylation is 1. The fourth-order valence-electron chi connectivity index (χ4n) is 3.60. The Morgan fingerprint density at radius 1 is 1.23 bits per heavy atom. The van der Waals surface area contributed by atoms with Gasteiger partial charge in [-0.05, 0) is 56.8 Å². The maximum atomic E-state index is 12.5. The monoisotopic (exact) mass is 380 g/mol. The van der Waals surface area contributed by atoms with Gasteiger partial charge in [0.15, 0.2) is 0 Å². The van der Waals surface area contributed by atoms with Gasteiger partial charge in [-0.15, -0.1) is 12.4 Å². The molecule has 144 valence electrons. The van der Waals surface area contributed by atoms with Crippen LogP contribution in [-0.2, 0) is 4.79 Å². The van der Waals surface area contributed by atoms with E-state index in [1.54, 1.807) is 4.90 Å². The number of anilines is 1. The first-order valence-electron chi connectivity index (χ1n) is 9.25. The van der Waals surface area contributed by atoms with Crippen LogP contribution in [0.25, 0.3) is 0 Å². The summed E-state index contributed by atoms with van der Waals surface area (Å²) < 4.78 is 0. The number of carbonyl (C=O) groups is 2. The van der Waals surface area contributed by atoms with Crippen LogP contribution in [0.15, 0.2) is 24.3 Å². The van der Waals surface area contributed by atoms with E-state index in [2.05, 4.69) is 16.0 Å². The highest BCUT2D eigenvalue weighted by atomic mass is 35.5. The zero-order valence-corrected chi connectivity index (χ0v) is 16.1. The molecule has 2 heterocycles.